The average Bonchev–Trinajstić information content (AvgIpc) is 1.94. The average molecular weight is 156 g/mol. The first-order chi connectivity index (χ1) is 5.11. The van der Waals surface area contributed by atoms with Crippen molar-refractivity contribution in [1.82, 2.24) is 4.98 Å². The van der Waals surface area contributed by atoms with Crippen LogP contribution in [0.4, 0.5) is 4.39 Å². The predicted molar refractivity (Wildman–Crippen MR) is 38.5 cm³/mol. The zero-order valence-corrected chi connectivity index (χ0v) is 6.08. The molecular weight excluding hydrogens is 147 g/mol. The first-order valence-corrected chi connectivity index (χ1v) is 3.21. The monoisotopic (exact) mass is 156 g/mol. The lowest BCUT2D eigenvalue weighted by atomic mass is 10.1. The summed E-state index contributed by atoms with van der Waals surface area (Å²) < 4.78 is 12.5. The van der Waals surface area contributed by atoms with Gasteiger partial charge in [0.05, 0.1) is 6.20 Å². The standard InChI is InChI=1S/C7H9FN2O/c1-4(9)6-2-5(8)3-10-7(6)11/h2-4H,9H2,1H3,(H,10,11). The molecule has 3 nitrogen and oxygen atoms in total. The highest BCUT2D eigenvalue weighted by Gasteiger charge is 2.07. The molecule has 1 unspecified atom stereocenters. The van der Waals surface area contributed by atoms with E-state index in [0.29, 0.717) is 5.56 Å². The molecule has 0 fully saturated rings. The van der Waals surface area contributed by atoms with Gasteiger partial charge in [-0.3, -0.25) is 0 Å². The van der Waals surface area contributed by atoms with Gasteiger partial charge in [0.15, 0.2) is 0 Å². The van der Waals surface area contributed by atoms with Crippen LogP contribution in [-0.2, 0) is 0 Å². The topological polar surface area (TPSA) is 59.1 Å². The van der Waals surface area contributed by atoms with Crippen molar-refractivity contribution in [1.29, 1.82) is 0 Å². The molecule has 1 heterocycles. The Morgan fingerprint density at radius 3 is 2.82 bits per heavy atom. The molecule has 0 aliphatic rings. The van der Waals surface area contributed by atoms with Gasteiger partial charge in [0.1, 0.15) is 5.82 Å². The molecule has 0 aliphatic carbocycles. The molecule has 0 amide bonds. The molecule has 0 spiro atoms. The van der Waals surface area contributed by atoms with Crippen LogP contribution < -0.4 is 5.73 Å². The number of nitrogens with zero attached hydrogens (tertiary/aromatic N) is 1. The van der Waals surface area contributed by atoms with E-state index in [4.69, 9.17) is 10.8 Å². The summed E-state index contributed by atoms with van der Waals surface area (Å²) in [5.41, 5.74) is 5.74. The Morgan fingerprint density at radius 1 is 1.73 bits per heavy atom. The van der Waals surface area contributed by atoms with E-state index in [1.165, 1.54) is 6.07 Å². The van der Waals surface area contributed by atoms with E-state index in [0.717, 1.165) is 6.20 Å². The number of halogens is 1. The smallest absolute Gasteiger partial charge is 0.215 e. The summed E-state index contributed by atoms with van der Waals surface area (Å²) in [7, 11) is 0. The SMILES string of the molecule is CC(N)c1cc(F)cnc1O. The van der Waals surface area contributed by atoms with Crippen molar-refractivity contribution in [2.45, 2.75) is 13.0 Å². The summed E-state index contributed by atoms with van der Waals surface area (Å²) in [5.74, 6) is -0.698. The minimum atomic E-state index is -0.491. The van der Waals surface area contributed by atoms with Gasteiger partial charge in [0.2, 0.25) is 5.88 Å². The van der Waals surface area contributed by atoms with E-state index in [1.54, 1.807) is 6.92 Å². The fourth-order valence-corrected chi connectivity index (χ4v) is 0.783. The van der Waals surface area contributed by atoms with E-state index in [1.807, 2.05) is 0 Å². The third-order valence-electron chi connectivity index (χ3n) is 1.35. The molecule has 1 rings (SSSR count). The first-order valence-electron chi connectivity index (χ1n) is 3.21. The number of aromatic hydroxyl groups is 1. The molecule has 4 heteroatoms. The fraction of sp³-hybridized carbons (Fsp3) is 0.286. The highest BCUT2D eigenvalue weighted by molar-refractivity contribution is 5.27. The zero-order chi connectivity index (χ0) is 8.43. The van der Waals surface area contributed by atoms with E-state index in [9.17, 15) is 4.39 Å². The van der Waals surface area contributed by atoms with E-state index >= 15 is 0 Å². The highest BCUT2D eigenvalue weighted by atomic mass is 19.1. The van der Waals surface area contributed by atoms with Gasteiger partial charge in [-0.05, 0) is 13.0 Å². The normalized spacial score (nSPS) is 13.0. The number of hydrogen-bond acceptors (Lipinski definition) is 3. The number of aromatic nitrogens is 1. The quantitative estimate of drug-likeness (QED) is 0.636. The van der Waals surface area contributed by atoms with Gasteiger partial charge in [0.25, 0.3) is 0 Å². The maximum Gasteiger partial charge on any atom is 0.215 e. The maximum atomic E-state index is 12.5. The van der Waals surface area contributed by atoms with Crippen LogP contribution in [0.3, 0.4) is 0 Å². The summed E-state index contributed by atoms with van der Waals surface area (Å²) in [6, 6.07) is 0.769. The van der Waals surface area contributed by atoms with Gasteiger partial charge < -0.3 is 10.8 Å². The van der Waals surface area contributed by atoms with Crippen LogP contribution in [-0.4, -0.2) is 10.1 Å². The minimum absolute atomic E-state index is 0.207. The van der Waals surface area contributed by atoms with Crippen molar-refractivity contribution < 1.29 is 9.50 Å². The van der Waals surface area contributed by atoms with Crippen molar-refractivity contribution in [2.24, 2.45) is 5.73 Å². The van der Waals surface area contributed by atoms with Crippen LogP contribution in [0.1, 0.15) is 18.5 Å². The number of pyridine rings is 1. The second kappa shape index (κ2) is 2.84. The van der Waals surface area contributed by atoms with Gasteiger partial charge in [-0.1, -0.05) is 0 Å². The molecule has 11 heavy (non-hydrogen) atoms. The van der Waals surface area contributed by atoms with E-state index in [-0.39, 0.29) is 5.88 Å². The summed E-state index contributed by atoms with van der Waals surface area (Å²) >= 11 is 0. The molecule has 0 bridgehead atoms. The van der Waals surface area contributed by atoms with Gasteiger partial charge in [0, 0.05) is 11.6 Å². The molecule has 0 saturated carbocycles. The van der Waals surface area contributed by atoms with Crippen LogP contribution in [0.15, 0.2) is 12.3 Å². The number of nitrogens with two attached hydrogens (primary N) is 1. The molecular formula is C7H9FN2O. The van der Waals surface area contributed by atoms with E-state index in [2.05, 4.69) is 4.98 Å². The molecule has 3 N–H and O–H groups in total. The van der Waals surface area contributed by atoms with Crippen LogP contribution in [0, 0.1) is 5.82 Å². The zero-order valence-electron chi connectivity index (χ0n) is 6.08. The van der Waals surface area contributed by atoms with Crippen LogP contribution >= 0.6 is 0 Å². The Hall–Kier alpha value is -1.16. The lowest BCUT2D eigenvalue weighted by Gasteiger charge is -2.05. The van der Waals surface area contributed by atoms with E-state index < -0.39 is 11.9 Å². The largest absolute Gasteiger partial charge is 0.493 e. The molecule has 0 aliphatic heterocycles. The Bertz CT molecular complexity index is 263. The molecule has 0 radical (unpaired) electrons. The third kappa shape index (κ3) is 1.65. The summed E-state index contributed by atoms with van der Waals surface area (Å²) in [6.45, 7) is 1.65. The Balaban J connectivity index is 3.13. The minimum Gasteiger partial charge on any atom is -0.493 e. The first kappa shape index (κ1) is 7.94. The predicted octanol–water partition coefficient (Wildman–Crippen LogP) is 0.946. The fourth-order valence-electron chi connectivity index (χ4n) is 0.783. The second-order valence-electron chi connectivity index (χ2n) is 2.36. The van der Waals surface area contributed by atoms with Gasteiger partial charge >= 0.3 is 0 Å². The van der Waals surface area contributed by atoms with Gasteiger partial charge in [-0.15, -0.1) is 0 Å². The molecule has 1 aromatic rings. The number of rotatable bonds is 1. The van der Waals surface area contributed by atoms with Crippen LogP contribution in [0.25, 0.3) is 0 Å². The Labute approximate surface area is 63.7 Å². The van der Waals surface area contributed by atoms with Crippen molar-refractivity contribution in [3.8, 4) is 5.88 Å². The summed E-state index contributed by atoms with van der Waals surface area (Å²) in [6.07, 6.45) is 0.946. The lowest BCUT2D eigenvalue weighted by molar-refractivity contribution is 0.437. The molecule has 0 saturated heterocycles. The molecule has 0 aromatic carbocycles. The molecule has 1 atom stereocenters. The lowest BCUT2D eigenvalue weighted by Crippen LogP contribution is -2.06. The molecule has 60 valence electrons. The maximum absolute atomic E-state index is 12.5. The van der Waals surface area contributed by atoms with Gasteiger partial charge in [-0.2, -0.15) is 0 Å². The Morgan fingerprint density at radius 2 is 2.36 bits per heavy atom. The van der Waals surface area contributed by atoms with Gasteiger partial charge in [-0.25, -0.2) is 9.37 Å². The second-order valence-corrected chi connectivity index (χ2v) is 2.36. The summed E-state index contributed by atoms with van der Waals surface area (Å²) in [5, 5.41) is 9.05. The number of hydrogen-bond donors (Lipinski definition) is 2. The van der Waals surface area contributed by atoms with Crippen molar-refractivity contribution in [3.05, 3.63) is 23.6 Å². The highest BCUT2D eigenvalue weighted by Crippen LogP contribution is 2.19. The van der Waals surface area contributed by atoms with Crippen LogP contribution in [0.5, 0.6) is 5.88 Å². The van der Waals surface area contributed by atoms with Crippen molar-refractivity contribution in [2.75, 3.05) is 0 Å². The van der Waals surface area contributed by atoms with Crippen molar-refractivity contribution in [3.63, 3.8) is 0 Å². The molecule has 1 aromatic heterocycles. The third-order valence-corrected chi connectivity index (χ3v) is 1.35. The summed E-state index contributed by atoms with van der Waals surface area (Å²) in [4.78, 5) is 3.40. The Kier molecular flexibility index (Phi) is 2.05. The van der Waals surface area contributed by atoms with Crippen LogP contribution in [0.2, 0.25) is 0 Å². The van der Waals surface area contributed by atoms with Crippen molar-refractivity contribution >= 4 is 0 Å².